The molecular formula is C12H18N2O5S2. The van der Waals surface area contributed by atoms with Gasteiger partial charge in [-0.1, -0.05) is 6.92 Å². The molecule has 1 aromatic carbocycles. The number of thioether (sulfide) groups is 1. The van der Waals surface area contributed by atoms with Crippen LogP contribution in [0.1, 0.15) is 13.8 Å². The number of nitrogens with zero attached hydrogens (tertiary/aromatic N) is 2. The highest BCUT2D eigenvalue weighted by Crippen LogP contribution is 2.35. The van der Waals surface area contributed by atoms with E-state index in [9.17, 15) is 23.6 Å². The van der Waals surface area contributed by atoms with Crippen molar-refractivity contribution in [3.8, 4) is 0 Å². The molecule has 0 aliphatic carbocycles. The van der Waals surface area contributed by atoms with Crippen molar-refractivity contribution in [3.63, 3.8) is 0 Å². The van der Waals surface area contributed by atoms with Gasteiger partial charge in [-0.25, -0.2) is 12.7 Å². The van der Waals surface area contributed by atoms with Gasteiger partial charge in [0.2, 0.25) is 10.0 Å². The second-order valence-electron chi connectivity index (χ2n) is 4.74. The summed E-state index contributed by atoms with van der Waals surface area (Å²) in [5, 5.41) is 20.4. The van der Waals surface area contributed by atoms with Gasteiger partial charge in [0.15, 0.2) is 0 Å². The molecule has 9 heteroatoms. The third-order valence-corrected chi connectivity index (χ3v) is 6.07. The molecule has 0 aliphatic heterocycles. The second kappa shape index (κ2) is 6.73. The van der Waals surface area contributed by atoms with Crippen LogP contribution in [0.4, 0.5) is 5.69 Å². The fraction of sp³-hybridized carbons (Fsp3) is 0.500. The molecule has 21 heavy (non-hydrogen) atoms. The van der Waals surface area contributed by atoms with Crippen LogP contribution in [0.3, 0.4) is 0 Å². The topological polar surface area (TPSA) is 101 Å². The van der Waals surface area contributed by atoms with E-state index in [1.54, 1.807) is 13.8 Å². The maximum absolute atomic E-state index is 12.0. The van der Waals surface area contributed by atoms with Crippen LogP contribution in [-0.2, 0) is 10.0 Å². The summed E-state index contributed by atoms with van der Waals surface area (Å²) in [6.45, 7) is 3.33. The molecule has 0 aromatic heterocycles. The van der Waals surface area contributed by atoms with Crippen LogP contribution < -0.4 is 0 Å². The Kier molecular flexibility index (Phi) is 5.74. The first-order chi connectivity index (χ1) is 9.57. The Morgan fingerprint density at radius 2 is 1.90 bits per heavy atom. The van der Waals surface area contributed by atoms with Crippen molar-refractivity contribution in [1.82, 2.24) is 4.31 Å². The van der Waals surface area contributed by atoms with E-state index < -0.39 is 21.1 Å². The zero-order valence-electron chi connectivity index (χ0n) is 12.2. The van der Waals surface area contributed by atoms with Crippen LogP contribution in [0.2, 0.25) is 0 Å². The Hall–Kier alpha value is -1.16. The number of sulfonamides is 1. The molecule has 0 heterocycles. The molecular weight excluding hydrogens is 316 g/mol. The summed E-state index contributed by atoms with van der Waals surface area (Å²) in [4.78, 5) is 10.7. The lowest BCUT2D eigenvalue weighted by Gasteiger charge is -2.15. The maximum atomic E-state index is 12.0. The van der Waals surface area contributed by atoms with Gasteiger partial charge in [0.1, 0.15) is 0 Å². The Labute approximate surface area is 128 Å². The van der Waals surface area contributed by atoms with Crippen LogP contribution in [0.25, 0.3) is 0 Å². The van der Waals surface area contributed by atoms with Gasteiger partial charge in [-0.15, -0.1) is 11.8 Å². The lowest BCUT2D eigenvalue weighted by atomic mass is 10.3. The Balaban J connectivity index is 3.30. The summed E-state index contributed by atoms with van der Waals surface area (Å²) in [6.07, 6.45) is -0.639. The predicted molar refractivity (Wildman–Crippen MR) is 81.0 cm³/mol. The van der Waals surface area contributed by atoms with E-state index in [0.717, 1.165) is 22.1 Å². The van der Waals surface area contributed by atoms with Crippen LogP contribution in [0, 0.1) is 10.1 Å². The normalized spacial score (nSPS) is 15.0. The van der Waals surface area contributed by atoms with E-state index >= 15 is 0 Å². The van der Waals surface area contributed by atoms with Crippen molar-refractivity contribution in [2.75, 3.05) is 14.1 Å². The first kappa shape index (κ1) is 17.9. The van der Waals surface area contributed by atoms with Crippen LogP contribution >= 0.6 is 11.8 Å². The van der Waals surface area contributed by atoms with Crippen molar-refractivity contribution in [3.05, 3.63) is 28.3 Å². The van der Waals surface area contributed by atoms with E-state index in [1.165, 1.54) is 26.2 Å². The molecule has 0 saturated heterocycles. The summed E-state index contributed by atoms with van der Waals surface area (Å²) in [7, 11) is -1.00. The number of aliphatic hydroxyl groups is 1. The lowest BCUT2D eigenvalue weighted by molar-refractivity contribution is -0.388. The van der Waals surface area contributed by atoms with Gasteiger partial charge in [-0.05, 0) is 19.1 Å². The Morgan fingerprint density at radius 1 is 1.33 bits per heavy atom. The summed E-state index contributed by atoms with van der Waals surface area (Å²) in [5.74, 6) is 0. The number of rotatable bonds is 6. The molecule has 1 aromatic rings. The van der Waals surface area contributed by atoms with E-state index in [2.05, 4.69) is 0 Å². The molecule has 0 radical (unpaired) electrons. The molecule has 7 nitrogen and oxygen atoms in total. The summed E-state index contributed by atoms with van der Waals surface area (Å²) < 4.78 is 25.0. The minimum atomic E-state index is -3.72. The molecule has 0 amide bonds. The van der Waals surface area contributed by atoms with Crippen LogP contribution in [0.15, 0.2) is 28.0 Å². The van der Waals surface area contributed by atoms with Crippen molar-refractivity contribution >= 4 is 27.5 Å². The fourth-order valence-electron chi connectivity index (χ4n) is 1.41. The van der Waals surface area contributed by atoms with Gasteiger partial charge < -0.3 is 5.11 Å². The van der Waals surface area contributed by atoms with Crippen molar-refractivity contribution in [2.24, 2.45) is 0 Å². The zero-order chi connectivity index (χ0) is 16.4. The highest BCUT2D eigenvalue weighted by molar-refractivity contribution is 8.00. The van der Waals surface area contributed by atoms with E-state index in [-0.39, 0.29) is 15.8 Å². The molecule has 0 spiro atoms. The van der Waals surface area contributed by atoms with E-state index in [4.69, 9.17) is 0 Å². The third-order valence-electron chi connectivity index (χ3n) is 2.90. The first-order valence-corrected chi connectivity index (χ1v) is 8.45. The maximum Gasteiger partial charge on any atom is 0.284 e. The number of hydrogen-bond acceptors (Lipinski definition) is 6. The Bertz CT molecular complexity index is 629. The molecule has 0 bridgehead atoms. The van der Waals surface area contributed by atoms with Gasteiger partial charge in [-0.2, -0.15) is 0 Å². The number of hydrogen-bond donors (Lipinski definition) is 1. The van der Waals surface area contributed by atoms with Crippen molar-refractivity contribution < 1.29 is 18.4 Å². The standard InChI is InChI=1S/C12H18N2O5S2/c1-8(15)9(2)20-12-6-5-10(7-11(12)14(16)17)21(18,19)13(3)4/h5-9,15H,1-4H3. The number of nitro benzene ring substituents is 1. The van der Waals surface area contributed by atoms with Crippen LogP contribution in [0.5, 0.6) is 0 Å². The predicted octanol–water partition coefficient (Wildman–Crippen LogP) is 1.71. The number of nitro groups is 1. The molecule has 1 N–H and O–H groups in total. The lowest BCUT2D eigenvalue weighted by Crippen LogP contribution is -2.22. The fourth-order valence-corrected chi connectivity index (χ4v) is 3.33. The Morgan fingerprint density at radius 3 is 2.33 bits per heavy atom. The quantitative estimate of drug-likeness (QED) is 0.483. The highest BCUT2D eigenvalue weighted by Gasteiger charge is 2.24. The number of aliphatic hydroxyl groups excluding tert-OH is 1. The summed E-state index contributed by atoms with van der Waals surface area (Å²) in [6, 6.07) is 3.78. The molecule has 2 atom stereocenters. The average molecular weight is 334 g/mol. The largest absolute Gasteiger partial charge is 0.392 e. The van der Waals surface area contributed by atoms with Gasteiger partial charge in [-0.3, -0.25) is 10.1 Å². The molecule has 118 valence electrons. The SMILES string of the molecule is CC(O)C(C)Sc1ccc(S(=O)(=O)N(C)C)cc1[N+](=O)[O-]. The molecule has 0 saturated carbocycles. The summed E-state index contributed by atoms with van der Waals surface area (Å²) >= 11 is 1.13. The molecule has 0 fully saturated rings. The zero-order valence-corrected chi connectivity index (χ0v) is 13.8. The van der Waals surface area contributed by atoms with Crippen molar-refractivity contribution in [1.29, 1.82) is 0 Å². The van der Waals surface area contributed by atoms with Gasteiger partial charge >= 0.3 is 0 Å². The van der Waals surface area contributed by atoms with Gasteiger partial charge in [0, 0.05) is 25.4 Å². The highest BCUT2D eigenvalue weighted by atomic mass is 32.2. The second-order valence-corrected chi connectivity index (χ2v) is 8.31. The monoisotopic (exact) mass is 334 g/mol. The minimum Gasteiger partial charge on any atom is -0.392 e. The number of benzene rings is 1. The average Bonchev–Trinajstić information content (AvgIpc) is 2.38. The van der Waals surface area contributed by atoms with Crippen LogP contribution in [-0.4, -0.2) is 48.2 Å². The smallest absolute Gasteiger partial charge is 0.284 e. The van der Waals surface area contributed by atoms with Gasteiger partial charge in [0.05, 0.1) is 20.8 Å². The summed E-state index contributed by atoms with van der Waals surface area (Å²) in [5.41, 5.74) is -0.282. The van der Waals surface area contributed by atoms with Crippen molar-refractivity contribution in [2.45, 2.75) is 35.0 Å². The van der Waals surface area contributed by atoms with E-state index in [0.29, 0.717) is 4.90 Å². The molecule has 1 rings (SSSR count). The van der Waals surface area contributed by atoms with E-state index in [1.807, 2.05) is 0 Å². The third kappa shape index (κ3) is 4.16. The molecule has 0 aliphatic rings. The van der Waals surface area contributed by atoms with Gasteiger partial charge in [0.25, 0.3) is 5.69 Å². The molecule has 2 unspecified atom stereocenters. The first-order valence-electron chi connectivity index (χ1n) is 6.13. The minimum absolute atomic E-state index is 0.131.